The second-order valence-corrected chi connectivity index (χ2v) is 3.42. The van der Waals surface area contributed by atoms with E-state index in [1.807, 2.05) is 6.92 Å². The molecule has 10 heavy (non-hydrogen) atoms. The topological polar surface area (TPSA) is 20.2 Å². The van der Waals surface area contributed by atoms with Crippen molar-refractivity contribution in [1.82, 2.24) is 0 Å². The number of aliphatic hydroxyl groups excluding tert-OH is 1. The minimum absolute atomic E-state index is 0.153. The second kappa shape index (κ2) is 2.95. The molecule has 0 aromatic heterocycles. The quantitative estimate of drug-likeness (QED) is 0.542. The van der Waals surface area contributed by atoms with Gasteiger partial charge in [-0.1, -0.05) is 32.5 Å². The number of hydrogen-bond donors (Lipinski definition) is 1. The largest absolute Gasteiger partial charge is 0.393 e. The minimum atomic E-state index is -0.153. The normalized spacial score (nSPS) is 47.9. The van der Waals surface area contributed by atoms with Crippen molar-refractivity contribution in [2.45, 2.75) is 38.6 Å². The highest BCUT2D eigenvalue weighted by Crippen LogP contribution is 2.39. The summed E-state index contributed by atoms with van der Waals surface area (Å²) in [6.07, 6.45) is 1.90. The first kappa shape index (κ1) is 8.12. The van der Waals surface area contributed by atoms with Gasteiger partial charge in [-0.05, 0) is 11.8 Å². The van der Waals surface area contributed by atoms with Crippen molar-refractivity contribution in [1.29, 1.82) is 0 Å². The lowest BCUT2D eigenvalue weighted by Crippen LogP contribution is -2.18. The third-order valence-corrected chi connectivity index (χ3v) is 2.80. The van der Waals surface area contributed by atoms with Crippen LogP contribution in [0.3, 0.4) is 0 Å². The molecule has 2 radical (unpaired) electrons. The summed E-state index contributed by atoms with van der Waals surface area (Å²) >= 11 is 0. The molecule has 56 valence electrons. The summed E-state index contributed by atoms with van der Waals surface area (Å²) in [7, 11) is 5.77. The number of aliphatic hydroxyl groups is 1. The molecule has 0 amide bonds. The summed E-state index contributed by atoms with van der Waals surface area (Å²) in [6.45, 7) is 4.14. The third-order valence-electron chi connectivity index (χ3n) is 2.80. The standard InChI is InChI=1S/C8H15BO/c1-3-6-4-7(9)5(2)8(6)10/h5-8,10H,3-4H2,1-2H3/t5?,6-,7+,8+/m0/s1. The fraction of sp³-hybridized carbons (Fsp3) is 1.00. The molecule has 1 N–H and O–H groups in total. The molecule has 0 heterocycles. The lowest BCUT2D eigenvalue weighted by molar-refractivity contribution is 0.0963. The Morgan fingerprint density at radius 3 is 2.40 bits per heavy atom. The third kappa shape index (κ3) is 1.22. The van der Waals surface area contributed by atoms with E-state index in [9.17, 15) is 5.11 Å². The maximum Gasteiger partial charge on any atom is 0.0704 e. The van der Waals surface area contributed by atoms with Crippen molar-refractivity contribution in [3.05, 3.63) is 0 Å². The van der Waals surface area contributed by atoms with Crippen LogP contribution in [-0.4, -0.2) is 19.1 Å². The smallest absolute Gasteiger partial charge is 0.0704 e. The summed E-state index contributed by atoms with van der Waals surface area (Å²) in [6, 6.07) is 0. The van der Waals surface area contributed by atoms with E-state index in [1.54, 1.807) is 0 Å². The molecule has 0 aliphatic heterocycles. The van der Waals surface area contributed by atoms with Crippen LogP contribution in [0.1, 0.15) is 26.7 Å². The van der Waals surface area contributed by atoms with E-state index in [0.29, 0.717) is 11.8 Å². The maximum absolute atomic E-state index is 9.55. The molecule has 0 spiro atoms. The Bertz CT molecular complexity index is 116. The van der Waals surface area contributed by atoms with E-state index in [1.165, 1.54) is 0 Å². The van der Waals surface area contributed by atoms with E-state index in [2.05, 4.69) is 6.92 Å². The Morgan fingerprint density at radius 1 is 1.60 bits per heavy atom. The van der Waals surface area contributed by atoms with Crippen LogP contribution in [-0.2, 0) is 0 Å². The van der Waals surface area contributed by atoms with Gasteiger partial charge >= 0.3 is 0 Å². The predicted octanol–water partition coefficient (Wildman–Crippen LogP) is 1.37. The fourth-order valence-corrected chi connectivity index (χ4v) is 1.79. The molecule has 1 aliphatic rings. The number of rotatable bonds is 1. The van der Waals surface area contributed by atoms with E-state index in [-0.39, 0.29) is 11.9 Å². The van der Waals surface area contributed by atoms with Gasteiger partial charge < -0.3 is 5.11 Å². The lowest BCUT2D eigenvalue weighted by Gasteiger charge is -2.15. The molecule has 0 bridgehead atoms. The van der Waals surface area contributed by atoms with Gasteiger partial charge in [0.25, 0.3) is 0 Å². The lowest BCUT2D eigenvalue weighted by atomic mass is 9.79. The van der Waals surface area contributed by atoms with Crippen molar-refractivity contribution in [3.63, 3.8) is 0 Å². The van der Waals surface area contributed by atoms with Crippen molar-refractivity contribution >= 4 is 7.85 Å². The highest BCUT2D eigenvalue weighted by molar-refractivity contribution is 6.12. The maximum atomic E-state index is 9.55. The van der Waals surface area contributed by atoms with Gasteiger partial charge in [0.05, 0.1) is 14.0 Å². The van der Waals surface area contributed by atoms with E-state index < -0.39 is 0 Å². The van der Waals surface area contributed by atoms with Gasteiger partial charge in [-0.15, -0.1) is 0 Å². The molecule has 0 aromatic carbocycles. The van der Waals surface area contributed by atoms with E-state index in [0.717, 1.165) is 12.8 Å². The van der Waals surface area contributed by atoms with E-state index >= 15 is 0 Å². The van der Waals surface area contributed by atoms with Crippen molar-refractivity contribution in [2.75, 3.05) is 0 Å². The van der Waals surface area contributed by atoms with Crippen LogP contribution in [0.25, 0.3) is 0 Å². The summed E-state index contributed by atoms with van der Waals surface area (Å²) in [5.41, 5.74) is 0. The highest BCUT2D eigenvalue weighted by Gasteiger charge is 2.35. The molecular formula is C8H15BO. The molecule has 1 nitrogen and oxygen atoms in total. The first-order valence-corrected chi connectivity index (χ1v) is 4.10. The molecule has 1 aliphatic carbocycles. The van der Waals surface area contributed by atoms with Gasteiger partial charge in [-0.25, -0.2) is 0 Å². The van der Waals surface area contributed by atoms with Crippen molar-refractivity contribution < 1.29 is 5.11 Å². The molecule has 0 saturated heterocycles. The Hall–Kier alpha value is 0.0249. The van der Waals surface area contributed by atoms with E-state index in [4.69, 9.17) is 7.85 Å². The predicted molar refractivity (Wildman–Crippen MR) is 43.1 cm³/mol. The molecule has 1 rings (SSSR count). The van der Waals surface area contributed by atoms with Gasteiger partial charge in [0.15, 0.2) is 0 Å². The monoisotopic (exact) mass is 138 g/mol. The van der Waals surface area contributed by atoms with Crippen LogP contribution >= 0.6 is 0 Å². The SMILES string of the molecule is [B][C@@H]1C[C@H](CC)[C@H](O)C1C. The Kier molecular flexibility index (Phi) is 2.40. The van der Waals surface area contributed by atoms with Crippen molar-refractivity contribution in [3.8, 4) is 0 Å². The van der Waals surface area contributed by atoms with Crippen LogP contribution in [0.15, 0.2) is 0 Å². The molecule has 0 aromatic rings. The first-order chi connectivity index (χ1) is 4.66. The minimum Gasteiger partial charge on any atom is -0.393 e. The molecule has 1 fully saturated rings. The van der Waals surface area contributed by atoms with Crippen LogP contribution in [0.4, 0.5) is 0 Å². The zero-order valence-corrected chi connectivity index (χ0v) is 6.75. The second-order valence-electron chi connectivity index (χ2n) is 3.42. The highest BCUT2D eigenvalue weighted by atomic mass is 16.3. The van der Waals surface area contributed by atoms with Gasteiger partial charge in [-0.2, -0.15) is 0 Å². The molecular weight excluding hydrogens is 123 g/mol. The van der Waals surface area contributed by atoms with Crippen LogP contribution in [0, 0.1) is 11.8 Å². The van der Waals surface area contributed by atoms with Gasteiger partial charge in [-0.3, -0.25) is 0 Å². The summed E-state index contributed by atoms with van der Waals surface area (Å²) in [4.78, 5) is 0. The Morgan fingerprint density at radius 2 is 2.20 bits per heavy atom. The van der Waals surface area contributed by atoms with Gasteiger partial charge in [0.2, 0.25) is 0 Å². The average molecular weight is 138 g/mol. The van der Waals surface area contributed by atoms with Crippen LogP contribution in [0.2, 0.25) is 5.82 Å². The Labute approximate surface area is 64.2 Å². The molecule has 2 heteroatoms. The van der Waals surface area contributed by atoms with Gasteiger partial charge in [0.1, 0.15) is 0 Å². The zero-order valence-electron chi connectivity index (χ0n) is 6.75. The Balaban J connectivity index is 2.53. The summed E-state index contributed by atoms with van der Waals surface area (Å²) < 4.78 is 0. The summed E-state index contributed by atoms with van der Waals surface area (Å²) in [5, 5.41) is 9.55. The molecule has 4 atom stereocenters. The fourth-order valence-electron chi connectivity index (χ4n) is 1.79. The average Bonchev–Trinajstić information content (AvgIpc) is 2.17. The molecule has 1 unspecified atom stereocenters. The first-order valence-electron chi connectivity index (χ1n) is 4.10. The summed E-state index contributed by atoms with van der Waals surface area (Å²) in [5.74, 6) is 0.967. The van der Waals surface area contributed by atoms with Crippen molar-refractivity contribution in [2.24, 2.45) is 11.8 Å². The van der Waals surface area contributed by atoms with Gasteiger partial charge in [0, 0.05) is 0 Å². The molecule has 1 saturated carbocycles. The van der Waals surface area contributed by atoms with Crippen LogP contribution < -0.4 is 0 Å². The number of hydrogen-bond acceptors (Lipinski definition) is 1. The zero-order chi connectivity index (χ0) is 7.72. The van der Waals surface area contributed by atoms with Crippen LogP contribution in [0.5, 0.6) is 0 Å².